The minimum absolute atomic E-state index is 0.0667. The summed E-state index contributed by atoms with van der Waals surface area (Å²) in [5.74, 6) is 0.746. The van der Waals surface area contributed by atoms with Crippen molar-refractivity contribution >= 4 is 40.0 Å². The van der Waals surface area contributed by atoms with Crippen molar-refractivity contribution in [1.82, 2.24) is 24.1 Å². The maximum atomic E-state index is 10.9. The number of ether oxygens (including phenoxy) is 1. The number of likely N-dealkylation sites (tertiary alicyclic amines) is 1. The zero-order valence-electron chi connectivity index (χ0n) is 27.2. The molecule has 2 fully saturated rings. The Hall–Kier alpha value is -3.11. The average Bonchev–Trinajstić information content (AvgIpc) is 3.74. The van der Waals surface area contributed by atoms with Gasteiger partial charge < -0.3 is 19.6 Å². The van der Waals surface area contributed by atoms with Gasteiger partial charge in [-0.15, -0.1) is 11.3 Å². The summed E-state index contributed by atoms with van der Waals surface area (Å²) in [6.45, 7) is 8.60. The monoisotopic (exact) mass is 648 g/mol. The van der Waals surface area contributed by atoms with Gasteiger partial charge in [0.2, 0.25) is 0 Å². The van der Waals surface area contributed by atoms with E-state index >= 15 is 0 Å². The largest absolute Gasteiger partial charge is 0.459 e. The number of hydrogen-bond donors (Lipinski definition) is 1. The third-order valence-electron chi connectivity index (χ3n) is 9.53. The van der Waals surface area contributed by atoms with Gasteiger partial charge in [0.15, 0.2) is 0 Å². The van der Waals surface area contributed by atoms with E-state index in [1.54, 1.807) is 17.7 Å². The molecular weight excluding hydrogens is 605 g/mol. The third kappa shape index (κ3) is 6.45. The lowest BCUT2D eigenvalue weighted by Crippen LogP contribution is -2.46. The van der Waals surface area contributed by atoms with E-state index < -0.39 is 5.60 Å². The summed E-state index contributed by atoms with van der Waals surface area (Å²) in [7, 11) is 6.01. The first-order chi connectivity index (χ1) is 21.5. The van der Waals surface area contributed by atoms with E-state index in [2.05, 4.69) is 47.8 Å². The van der Waals surface area contributed by atoms with E-state index in [-0.39, 0.29) is 11.5 Å². The zero-order valence-corrected chi connectivity index (χ0v) is 28.8. The number of aryl methyl sites for hydroxylation is 1. The number of nitriles is 1. The van der Waals surface area contributed by atoms with Gasteiger partial charge in [0.25, 0.3) is 0 Å². The second-order valence-electron chi connectivity index (χ2n) is 13.6. The number of fused-ring (bicyclic) bond motifs is 1. The number of rotatable bonds is 8. The number of aliphatic imine (C=N–C) groups is 1. The van der Waals surface area contributed by atoms with Crippen molar-refractivity contribution in [2.75, 3.05) is 45.7 Å². The molecule has 1 unspecified atom stereocenters. The fraction of sp³-hybridized carbons (Fsp3) is 0.606. The van der Waals surface area contributed by atoms with Crippen LogP contribution in [0.1, 0.15) is 80.2 Å². The molecule has 45 heavy (non-hydrogen) atoms. The molecule has 1 N–H and O–H groups in total. The van der Waals surface area contributed by atoms with E-state index in [0.29, 0.717) is 29.9 Å². The number of β-amino-alcohol motifs (C(OH)–C–C–N with tert-alkyl or cyclic N) is 1. The lowest BCUT2D eigenvalue weighted by Gasteiger charge is -2.37. The van der Waals surface area contributed by atoms with E-state index in [4.69, 9.17) is 19.1 Å². The number of aromatic nitrogens is 3. The van der Waals surface area contributed by atoms with Crippen LogP contribution >= 0.6 is 22.9 Å². The summed E-state index contributed by atoms with van der Waals surface area (Å²) >= 11 is 3.11. The Morgan fingerprint density at radius 3 is 2.71 bits per heavy atom. The second-order valence-corrected chi connectivity index (χ2v) is 15.5. The van der Waals surface area contributed by atoms with E-state index in [1.807, 2.05) is 32.0 Å². The van der Waals surface area contributed by atoms with Crippen molar-refractivity contribution in [3.8, 4) is 23.5 Å². The topological polar surface area (TPSA) is 114 Å². The number of anilines is 1. The molecule has 6 rings (SSSR count). The SMILES string of the molecule is C[C@H](Oc1nc(-c2cc(C3(C)CCCc4sc(/N=C/N(C)C)c(C#N)c43)sn2)cc(N2CCC[C@@](C)(O)C2)n1)[C@@H]1CCCN1C. The summed E-state index contributed by atoms with van der Waals surface area (Å²) in [5.41, 5.74) is 2.12. The van der Waals surface area contributed by atoms with Gasteiger partial charge in [-0.1, -0.05) is 6.92 Å². The van der Waals surface area contributed by atoms with Gasteiger partial charge in [0, 0.05) is 54.5 Å². The first-order valence-corrected chi connectivity index (χ1v) is 17.5. The van der Waals surface area contributed by atoms with Gasteiger partial charge >= 0.3 is 6.01 Å². The van der Waals surface area contributed by atoms with Crippen molar-refractivity contribution in [3.05, 3.63) is 33.0 Å². The van der Waals surface area contributed by atoms with Crippen molar-refractivity contribution in [2.24, 2.45) is 4.99 Å². The maximum absolute atomic E-state index is 10.9. The molecule has 0 bridgehead atoms. The molecule has 2 saturated heterocycles. The predicted octanol–water partition coefficient (Wildman–Crippen LogP) is 5.61. The highest BCUT2D eigenvalue weighted by Crippen LogP contribution is 2.51. The normalized spacial score (nSPS) is 26.2. The van der Waals surface area contributed by atoms with Crippen molar-refractivity contribution in [2.45, 2.75) is 88.9 Å². The first kappa shape index (κ1) is 31.9. The van der Waals surface area contributed by atoms with Crippen LogP contribution in [-0.2, 0) is 11.8 Å². The van der Waals surface area contributed by atoms with Crippen LogP contribution in [0.4, 0.5) is 10.8 Å². The molecule has 3 aliphatic rings. The number of likely N-dealkylation sites (N-methyl/N-ethyl adjacent to an activating group) is 1. The predicted molar refractivity (Wildman–Crippen MR) is 181 cm³/mol. The molecule has 3 aromatic heterocycles. The van der Waals surface area contributed by atoms with E-state index in [9.17, 15) is 10.4 Å². The standard InChI is InChI=1S/C33H44N8O2S2/c1-21(25-10-8-14-40(25)6)43-31-36-23(17-28(37-31)41-15-9-12-32(2,42)19-41)24-16-27(45-38-24)33(3)13-7-11-26-29(33)22(18-34)30(44-26)35-20-39(4)5/h16-17,20-21,25,42H,7-15,19H2,1-6H3/b35-20+/t21-,25-,32+,33?/m0/s1. The van der Waals surface area contributed by atoms with E-state index in [0.717, 1.165) is 85.0 Å². The quantitative estimate of drug-likeness (QED) is 0.246. The fourth-order valence-corrected chi connectivity index (χ4v) is 9.34. The smallest absolute Gasteiger partial charge is 0.319 e. The molecule has 3 aromatic rings. The fourth-order valence-electron chi connectivity index (χ4n) is 7.17. The van der Waals surface area contributed by atoms with Crippen LogP contribution in [0.5, 0.6) is 6.01 Å². The number of piperidine rings is 1. The van der Waals surface area contributed by atoms with Crippen molar-refractivity contribution in [3.63, 3.8) is 0 Å². The van der Waals surface area contributed by atoms with Gasteiger partial charge in [-0.05, 0) is 95.5 Å². The zero-order chi connectivity index (χ0) is 31.9. The maximum Gasteiger partial charge on any atom is 0.319 e. The average molecular weight is 649 g/mol. The second kappa shape index (κ2) is 12.6. The van der Waals surface area contributed by atoms with Crippen molar-refractivity contribution in [1.29, 1.82) is 5.26 Å². The summed E-state index contributed by atoms with van der Waals surface area (Å²) in [4.78, 5) is 23.1. The van der Waals surface area contributed by atoms with Gasteiger partial charge in [-0.25, -0.2) is 4.99 Å². The van der Waals surface area contributed by atoms with Crippen LogP contribution < -0.4 is 9.64 Å². The molecule has 0 aromatic carbocycles. The third-order valence-corrected chi connectivity index (χ3v) is 11.7. The van der Waals surface area contributed by atoms with Crippen LogP contribution in [0.2, 0.25) is 0 Å². The Morgan fingerprint density at radius 2 is 2.00 bits per heavy atom. The van der Waals surface area contributed by atoms with Crippen molar-refractivity contribution < 1.29 is 9.84 Å². The Balaban J connectivity index is 1.37. The highest BCUT2D eigenvalue weighted by molar-refractivity contribution is 7.16. The minimum atomic E-state index is -0.778. The Morgan fingerprint density at radius 1 is 1.18 bits per heavy atom. The van der Waals surface area contributed by atoms with Gasteiger partial charge in [-0.3, -0.25) is 4.90 Å². The molecule has 240 valence electrons. The molecule has 4 atom stereocenters. The van der Waals surface area contributed by atoms with Crippen LogP contribution in [0, 0.1) is 11.3 Å². The van der Waals surface area contributed by atoms with Crippen LogP contribution in [0.15, 0.2) is 17.1 Å². The van der Waals surface area contributed by atoms with Gasteiger partial charge in [0.1, 0.15) is 28.7 Å². The summed E-state index contributed by atoms with van der Waals surface area (Å²) < 4.78 is 11.4. The minimum Gasteiger partial charge on any atom is -0.459 e. The highest BCUT2D eigenvalue weighted by atomic mass is 32.1. The first-order valence-electron chi connectivity index (χ1n) is 16.0. The molecule has 5 heterocycles. The van der Waals surface area contributed by atoms with Crippen LogP contribution in [0.25, 0.3) is 11.4 Å². The Bertz CT molecular complexity index is 1610. The van der Waals surface area contributed by atoms with Crippen LogP contribution in [-0.4, -0.2) is 94.1 Å². The molecule has 1 aliphatic carbocycles. The summed E-state index contributed by atoms with van der Waals surface area (Å²) in [6.07, 6.45) is 8.52. The lowest BCUT2D eigenvalue weighted by molar-refractivity contribution is 0.0445. The lowest BCUT2D eigenvalue weighted by atomic mass is 9.71. The van der Waals surface area contributed by atoms with Crippen LogP contribution in [0.3, 0.4) is 0 Å². The summed E-state index contributed by atoms with van der Waals surface area (Å²) in [6, 6.07) is 7.26. The number of aliphatic hydroxyl groups is 1. The Labute approximate surface area is 274 Å². The number of hydrogen-bond acceptors (Lipinski definition) is 11. The van der Waals surface area contributed by atoms with E-state index in [1.165, 1.54) is 16.4 Å². The summed E-state index contributed by atoms with van der Waals surface area (Å²) in [5, 5.41) is 21.9. The van der Waals surface area contributed by atoms with Gasteiger partial charge in [-0.2, -0.15) is 19.6 Å². The molecule has 12 heteroatoms. The molecule has 10 nitrogen and oxygen atoms in total. The molecule has 0 amide bonds. The molecule has 0 radical (unpaired) electrons. The number of nitrogens with zero attached hydrogens (tertiary/aromatic N) is 8. The molecular formula is C33H44N8O2S2. The van der Waals surface area contributed by atoms with Gasteiger partial charge in [0.05, 0.1) is 23.2 Å². The number of thiophene rings is 1. The molecule has 0 spiro atoms. The Kier molecular flexibility index (Phi) is 8.91. The highest BCUT2D eigenvalue weighted by Gasteiger charge is 2.41. The molecule has 0 saturated carbocycles. The molecule has 2 aliphatic heterocycles.